The van der Waals surface area contributed by atoms with E-state index in [0.29, 0.717) is 13.1 Å². The van der Waals surface area contributed by atoms with E-state index in [2.05, 4.69) is 34.3 Å². The van der Waals surface area contributed by atoms with Gasteiger partial charge < -0.3 is 19.5 Å². The van der Waals surface area contributed by atoms with Gasteiger partial charge in [0.15, 0.2) is 0 Å². The highest BCUT2D eigenvalue weighted by atomic mass is 16.5. The van der Waals surface area contributed by atoms with Crippen LogP contribution in [0.4, 0.5) is 4.79 Å². The summed E-state index contributed by atoms with van der Waals surface area (Å²) < 4.78 is 7.51. The first kappa shape index (κ1) is 18.2. The average molecular weight is 375 g/mol. The number of benzene rings is 2. The van der Waals surface area contributed by atoms with Crippen molar-refractivity contribution in [1.82, 2.24) is 14.8 Å². The number of hydrogen-bond acceptors (Lipinski definition) is 2. The molecule has 144 valence electrons. The first-order chi connectivity index (χ1) is 13.8. The Labute approximate surface area is 165 Å². The van der Waals surface area contributed by atoms with Crippen LogP contribution >= 0.6 is 0 Å². The quantitative estimate of drug-likeness (QED) is 0.736. The molecule has 0 unspecified atom stereocenters. The molecule has 0 aliphatic carbocycles. The molecule has 0 radical (unpaired) electrons. The van der Waals surface area contributed by atoms with Crippen LogP contribution in [0.2, 0.25) is 0 Å². The second-order valence-electron chi connectivity index (χ2n) is 6.96. The molecule has 1 aliphatic heterocycles. The van der Waals surface area contributed by atoms with E-state index in [9.17, 15) is 4.79 Å². The SMILES string of the molecule is COc1ccc([C@@H]2c3cccn3CCN2C(=O)NCCc2ccccc2)cc1. The van der Waals surface area contributed by atoms with Crippen molar-refractivity contribution in [2.75, 3.05) is 20.2 Å². The fraction of sp³-hybridized carbons (Fsp3) is 0.261. The van der Waals surface area contributed by atoms with Gasteiger partial charge in [-0.25, -0.2) is 4.79 Å². The normalized spacial score (nSPS) is 15.8. The van der Waals surface area contributed by atoms with Gasteiger partial charge in [-0.15, -0.1) is 0 Å². The largest absolute Gasteiger partial charge is 0.497 e. The van der Waals surface area contributed by atoms with Crippen molar-refractivity contribution in [2.45, 2.75) is 19.0 Å². The van der Waals surface area contributed by atoms with Gasteiger partial charge in [0.1, 0.15) is 5.75 Å². The summed E-state index contributed by atoms with van der Waals surface area (Å²) in [6.45, 7) is 2.10. The number of fused-ring (bicyclic) bond motifs is 1. The predicted octanol–water partition coefficient (Wildman–Crippen LogP) is 3.85. The van der Waals surface area contributed by atoms with Crippen LogP contribution in [-0.2, 0) is 13.0 Å². The fourth-order valence-corrected chi connectivity index (χ4v) is 3.80. The van der Waals surface area contributed by atoms with Gasteiger partial charge in [-0.05, 0) is 41.8 Å². The molecule has 1 N–H and O–H groups in total. The summed E-state index contributed by atoms with van der Waals surface area (Å²) in [5, 5.41) is 3.10. The zero-order valence-electron chi connectivity index (χ0n) is 16.0. The minimum atomic E-state index is -0.105. The highest BCUT2D eigenvalue weighted by Gasteiger charge is 2.32. The number of rotatable bonds is 5. The van der Waals surface area contributed by atoms with E-state index >= 15 is 0 Å². The average Bonchev–Trinajstić information content (AvgIpc) is 3.23. The Morgan fingerprint density at radius 1 is 1.04 bits per heavy atom. The summed E-state index contributed by atoms with van der Waals surface area (Å²) in [6.07, 6.45) is 2.90. The van der Waals surface area contributed by atoms with Gasteiger partial charge in [0.05, 0.1) is 13.2 Å². The number of hydrogen-bond donors (Lipinski definition) is 1. The molecule has 2 heterocycles. The van der Waals surface area contributed by atoms with E-state index in [-0.39, 0.29) is 12.1 Å². The van der Waals surface area contributed by atoms with E-state index in [1.54, 1.807) is 7.11 Å². The number of nitrogens with zero attached hydrogens (tertiary/aromatic N) is 2. The minimum absolute atomic E-state index is 0.0239. The maximum absolute atomic E-state index is 13.0. The Balaban J connectivity index is 1.51. The van der Waals surface area contributed by atoms with Crippen LogP contribution in [0.3, 0.4) is 0 Å². The number of ether oxygens (including phenoxy) is 1. The third-order valence-corrected chi connectivity index (χ3v) is 5.26. The molecule has 0 fully saturated rings. The second-order valence-corrected chi connectivity index (χ2v) is 6.96. The van der Waals surface area contributed by atoms with Crippen molar-refractivity contribution in [3.63, 3.8) is 0 Å². The second kappa shape index (κ2) is 8.21. The van der Waals surface area contributed by atoms with E-state index in [0.717, 1.165) is 30.0 Å². The van der Waals surface area contributed by atoms with Crippen molar-refractivity contribution >= 4 is 6.03 Å². The number of carbonyl (C=O) groups is 1. The van der Waals surface area contributed by atoms with Crippen LogP contribution in [0.1, 0.15) is 22.9 Å². The third kappa shape index (κ3) is 3.74. The van der Waals surface area contributed by atoms with Gasteiger partial charge >= 0.3 is 6.03 Å². The Hall–Kier alpha value is -3.21. The van der Waals surface area contributed by atoms with Crippen molar-refractivity contribution in [1.29, 1.82) is 0 Å². The van der Waals surface area contributed by atoms with Crippen LogP contribution in [0.25, 0.3) is 0 Å². The Morgan fingerprint density at radius 3 is 2.57 bits per heavy atom. The molecule has 2 aromatic carbocycles. The molecule has 4 rings (SSSR count). The fourth-order valence-electron chi connectivity index (χ4n) is 3.80. The lowest BCUT2D eigenvalue weighted by Gasteiger charge is -2.37. The Kier molecular flexibility index (Phi) is 5.33. The molecular formula is C23H25N3O2. The molecule has 1 atom stereocenters. The van der Waals surface area contributed by atoms with Gasteiger partial charge in [-0.3, -0.25) is 0 Å². The summed E-state index contributed by atoms with van der Waals surface area (Å²) in [5.41, 5.74) is 3.44. The molecule has 0 spiro atoms. The Bertz CT molecular complexity index is 919. The summed E-state index contributed by atoms with van der Waals surface area (Å²) in [7, 11) is 1.66. The monoisotopic (exact) mass is 375 g/mol. The van der Waals surface area contributed by atoms with Crippen molar-refractivity contribution in [3.05, 3.63) is 89.7 Å². The first-order valence-corrected chi connectivity index (χ1v) is 9.63. The third-order valence-electron chi connectivity index (χ3n) is 5.26. The van der Waals surface area contributed by atoms with Crippen molar-refractivity contribution in [3.8, 4) is 5.75 Å². The van der Waals surface area contributed by atoms with Gasteiger partial charge in [-0.2, -0.15) is 0 Å². The number of methoxy groups -OCH3 is 1. The zero-order valence-corrected chi connectivity index (χ0v) is 16.0. The van der Waals surface area contributed by atoms with E-state index in [1.807, 2.05) is 53.4 Å². The summed E-state index contributed by atoms with van der Waals surface area (Å²) >= 11 is 0. The lowest BCUT2D eigenvalue weighted by Crippen LogP contribution is -2.47. The van der Waals surface area contributed by atoms with Crippen LogP contribution < -0.4 is 10.1 Å². The smallest absolute Gasteiger partial charge is 0.318 e. The lowest BCUT2D eigenvalue weighted by molar-refractivity contribution is 0.169. The predicted molar refractivity (Wildman–Crippen MR) is 110 cm³/mol. The van der Waals surface area contributed by atoms with Gasteiger partial charge in [0.25, 0.3) is 0 Å². The number of urea groups is 1. The van der Waals surface area contributed by atoms with Gasteiger partial charge in [0, 0.05) is 31.5 Å². The standard InChI is InChI=1S/C23H25N3O2/c1-28-20-11-9-19(10-12-20)22-21-8-5-15-25(21)16-17-26(22)23(27)24-14-13-18-6-3-2-4-7-18/h2-12,15,22H,13-14,16-17H2,1H3,(H,24,27)/t22-/m1/s1. The highest BCUT2D eigenvalue weighted by molar-refractivity contribution is 5.75. The van der Waals surface area contributed by atoms with E-state index < -0.39 is 0 Å². The molecule has 0 saturated carbocycles. The Morgan fingerprint density at radius 2 is 1.82 bits per heavy atom. The number of aromatic nitrogens is 1. The van der Waals surface area contributed by atoms with Crippen molar-refractivity contribution in [2.24, 2.45) is 0 Å². The van der Waals surface area contributed by atoms with E-state index in [1.165, 1.54) is 5.56 Å². The molecular weight excluding hydrogens is 350 g/mol. The number of carbonyl (C=O) groups excluding carboxylic acids is 1. The lowest BCUT2D eigenvalue weighted by atomic mass is 10.00. The van der Waals surface area contributed by atoms with Crippen LogP contribution in [0, 0.1) is 0 Å². The topological polar surface area (TPSA) is 46.5 Å². The van der Waals surface area contributed by atoms with Crippen LogP contribution in [-0.4, -0.2) is 35.7 Å². The molecule has 5 nitrogen and oxygen atoms in total. The number of amides is 2. The summed E-state index contributed by atoms with van der Waals surface area (Å²) in [6, 6.07) is 22.2. The summed E-state index contributed by atoms with van der Waals surface area (Å²) in [5.74, 6) is 0.814. The van der Waals surface area contributed by atoms with Gasteiger partial charge in [-0.1, -0.05) is 42.5 Å². The molecule has 3 aromatic rings. The minimum Gasteiger partial charge on any atom is -0.497 e. The molecule has 1 aliphatic rings. The first-order valence-electron chi connectivity index (χ1n) is 9.63. The maximum Gasteiger partial charge on any atom is 0.318 e. The molecule has 0 saturated heterocycles. The van der Waals surface area contributed by atoms with Crippen molar-refractivity contribution < 1.29 is 9.53 Å². The maximum atomic E-state index is 13.0. The van der Waals surface area contributed by atoms with E-state index in [4.69, 9.17) is 4.74 Å². The zero-order chi connectivity index (χ0) is 19.3. The molecule has 0 bridgehead atoms. The molecule has 5 heteroatoms. The summed E-state index contributed by atoms with van der Waals surface area (Å²) in [4.78, 5) is 14.9. The molecule has 2 amide bonds. The van der Waals surface area contributed by atoms with Crippen LogP contribution in [0.5, 0.6) is 5.75 Å². The number of nitrogens with one attached hydrogen (secondary N) is 1. The molecule has 28 heavy (non-hydrogen) atoms. The molecule has 1 aromatic heterocycles. The highest BCUT2D eigenvalue weighted by Crippen LogP contribution is 2.33. The van der Waals surface area contributed by atoms with Crippen LogP contribution in [0.15, 0.2) is 72.9 Å². The van der Waals surface area contributed by atoms with Gasteiger partial charge in [0.2, 0.25) is 0 Å².